The number of ether oxygens (including phenoxy) is 4. The molecule has 2 saturated heterocycles. The molecule has 410 valence electrons. The van der Waals surface area contributed by atoms with Crippen LogP contribution in [0.15, 0.2) is 72.9 Å². The van der Waals surface area contributed by atoms with Gasteiger partial charge in [0.05, 0.1) is 32.0 Å². The Kier molecular flexibility index (Phi) is 38.9. The van der Waals surface area contributed by atoms with Crippen molar-refractivity contribution in [3.63, 3.8) is 0 Å². The maximum Gasteiger partial charge on any atom is 0.220 e. The van der Waals surface area contributed by atoms with Crippen LogP contribution >= 0.6 is 0 Å². The lowest BCUT2D eigenvalue weighted by molar-refractivity contribution is -0.359. The topological polar surface area (TPSA) is 228 Å². The normalized spacial score (nSPS) is 26.3. The molecule has 0 bridgehead atoms. The summed E-state index contributed by atoms with van der Waals surface area (Å²) >= 11 is 0. The summed E-state index contributed by atoms with van der Waals surface area (Å²) < 4.78 is 22.7. The summed E-state index contributed by atoms with van der Waals surface area (Å²) in [6.07, 6.45) is 37.9. The molecule has 2 heterocycles. The van der Waals surface area contributed by atoms with Crippen LogP contribution in [-0.4, -0.2) is 140 Å². The van der Waals surface area contributed by atoms with E-state index in [2.05, 4.69) is 79.9 Å². The van der Waals surface area contributed by atoms with Crippen molar-refractivity contribution in [3.8, 4) is 0 Å². The number of carbonyl (C=O) groups is 1. The monoisotopic (exact) mass is 1010 g/mol. The van der Waals surface area contributed by atoms with Crippen molar-refractivity contribution in [2.24, 2.45) is 0 Å². The maximum absolute atomic E-state index is 13.2. The number of unbranched alkanes of at least 4 members (excludes halogenated alkanes) is 19. The van der Waals surface area contributed by atoms with Gasteiger partial charge in [-0.3, -0.25) is 4.79 Å². The fourth-order valence-electron chi connectivity index (χ4n) is 8.56. The average molecular weight is 1010 g/mol. The van der Waals surface area contributed by atoms with Gasteiger partial charge in [0.15, 0.2) is 12.6 Å². The van der Waals surface area contributed by atoms with Crippen LogP contribution in [0.25, 0.3) is 0 Å². The first-order chi connectivity index (χ1) is 34.6. The van der Waals surface area contributed by atoms with Gasteiger partial charge >= 0.3 is 0 Å². The first-order valence-electron chi connectivity index (χ1n) is 27.7. The molecule has 12 atom stereocenters. The highest BCUT2D eigenvalue weighted by atomic mass is 16.7. The molecule has 12 unspecified atom stereocenters. The summed E-state index contributed by atoms with van der Waals surface area (Å²) in [4.78, 5) is 13.2. The van der Waals surface area contributed by atoms with Gasteiger partial charge in [-0.1, -0.05) is 170 Å². The zero-order valence-corrected chi connectivity index (χ0v) is 43.7. The number of rotatable bonds is 42. The molecule has 9 N–H and O–H groups in total. The molecule has 2 aliphatic heterocycles. The van der Waals surface area contributed by atoms with Crippen LogP contribution in [0, 0.1) is 0 Å². The third kappa shape index (κ3) is 29.2. The molecule has 0 aliphatic carbocycles. The smallest absolute Gasteiger partial charge is 0.220 e. The molecule has 14 heteroatoms. The third-order valence-electron chi connectivity index (χ3n) is 13.1. The number of hydrogen-bond acceptors (Lipinski definition) is 13. The number of aliphatic hydroxyl groups excluding tert-OH is 8. The van der Waals surface area contributed by atoms with E-state index in [1.165, 1.54) is 83.5 Å². The van der Waals surface area contributed by atoms with E-state index in [1.807, 2.05) is 6.08 Å². The van der Waals surface area contributed by atoms with E-state index in [9.17, 15) is 45.6 Å². The number of carbonyl (C=O) groups excluding carboxylic acids is 1. The summed E-state index contributed by atoms with van der Waals surface area (Å²) in [5.41, 5.74) is 0. The molecule has 0 radical (unpaired) electrons. The second-order valence-corrected chi connectivity index (χ2v) is 19.3. The summed E-state index contributed by atoms with van der Waals surface area (Å²) in [6.45, 7) is 2.71. The minimum atomic E-state index is -1.80. The van der Waals surface area contributed by atoms with Gasteiger partial charge < -0.3 is 65.1 Å². The largest absolute Gasteiger partial charge is 0.394 e. The van der Waals surface area contributed by atoms with Crippen LogP contribution in [0.4, 0.5) is 0 Å². The number of hydrogen-bond donors (Lipinski definition) is 9. The second-order valence-electron chi connectivity index (χ2n) is 19.3. The van der Waals surface area contributed by atoms with Crippen LogP contribution < -0.4 is 5.32 Å². The summed E-state index contributed by atoms with van der Waals surface area (Å²) in [5, 5.41) is 86.8. The second kappa shape index (κ2) is 42.8. The molecule has 2 fully saturated rings. The predicted octanol–water partition coefficient (Wildman–Crippen LogP) is 8.38. The highest BCUT2D eigenvalue weighted by molar-refractivity contribution is 5.76. The molecule has 0 aromatic carbocycles. The lowest BCUT2D eigenvalue weighted by Crippen LogP contribution is -2.65. The van der Waals surface area contributed by atoms with Gasteiger partial charge in [0.25, 0.3) is 0 Å². The Bertz CT molecular complexity index is 1470. The van der Waals surface area contributed by atoms with Crippen LogP contribution in [0.3, 0.4) is 0 Å². The van der Waals surface area contributed by atoms with Gasteiger partial charge in [0, 0.05) is 6.42 Å². The highest BCUT2D eigenvalue weighted by Crippen LogP contribution is 2.30. The van der Waals surface area contributed by atoms with Gasteiger partial charge in [-0.2, -0.15) is 0 Å². The minimum Gasteiger partial charge on any atom is -0.394 e. The molecular weight excluding hydrogens is 907 g/mol. The van der Waals surface area contributed by atoms with E-state index in [0.29, 0.717) is 12.8 Å². The van der Waals surface area contributed by atoms with Gasteiger partial charge in [-0.05, 0) is 83.5 Å². The molecule has 1 amide bonds. The zero-order valence-electron chi connectivity index (χ0n) is 43.7. The number of amides is 1. The van der Waals surface area contributed by atoms with E-state index >= 15 is 0 Å². The zero-order chi connectivity index (χ0) is 51.7. The Labute approximate surface area is 428 Å². The Hall–Kier alpha value is -2.57. The number of nitrogens with one attached hydrogen (secondary N) is 1. The van der Waals surface area contributed by atoms with Gasteiger partial charge in [0.2, 0.25) is 5.91 Å². The third-order valence-corrected chi connectivity index (χ3v) is 13.1. The minimum absolute atomic E-state index is 0.258. The first kappa shape index (κ1) is 64.5. The van der Waals surface area contributed by atoms with Crippen molar-refractivity contribution in [2.45, 2.75) is 261 Å². The lowest BCUT2D eigenvalue weighted by atomic mass is 9.97. The Balaban J connectivity index is 1.81. The van der Waals surface area contributed by atoms with E-state index in [0.717, 1.165) is 70.6 Å². The predicted molar refractivity (Wildman–Crippen MR) is 281 cm³/mol. The van der Waals surface area contributed by atoms with Gasteiger partial charge in [0.1, 0.15) is 48.8 Å². The molecule has 2 rings (SSSR count). The molecule has 0 saturated carbocycles. The lowest BCUT2D eigenvalue weighted by Gasteiger charge is -2.46. The summed E-state index contributed by atoms with van der Waals surface area (Å²) in [6, 6.07) is -0.945. The van der Waals surface area contributed by atoms with Crippen LogP contribution in [0.1, 0.15) is 187 Å². The molecule has 0 spiro atoms. The van der Waals surface area contributed by atoms with E-state index in [-0.39, 0.29) is 18.9 Å². The number of allylic oxidation sites excluding steroid dienone is 11. The fraction of sp³-hybridized carbons (Fsp3) is 0.772. The number of aliphatic hydroxyl groups is 8. The van der Waals surface area contributed by atoms with Gasteiger partial charge in [-0.25, -0.2) is 0 Å². The van der Waals surface area contributed by atoms with Gasteiger partial charge in [-0.15, -0.1) is 0 Å². The van der Waals surface area contributed by atoms with Crippen molar-refractivity contribution in [1.82, 2.24) is 5.32 Å². The van der Waals surface area contributed by atoms with Crippen molar-refractivity contribution in [3.05, 3.63) is 72.9 Å². The van der Waals surface area contributed by atoms with E-state index in [4.69, 9.17) is 18.9 Å². The first-order valence-corrected chi connectivity index (χ1v) is 27.7. The van der Waals surface area contributed by atoms with Crippen LogP contribution in [0.5, 0.6) is 0 Å². The summed E-state index contributed by atoms with van der Waals surface area (Å²) in [5.74, 6) is -0.265. The maximum atomic E-state index is 13.2. The fourth-order valence-corrected chi connectivity index (χ4v) is 8.56. The average Bonchev–Trinajstić information content (AvgIpc) is 3.37. The molecule has 0 aromatic heterocycles. The van der Waals surface area contributed by atoms with Crippen LogP contribution in [0.2, 0.25) is 0 Å². The quantitative estimate of drug-likeness (QED) is 0.0207. The Morgan fingerprint density at radius 2 is 0.944 bits per heavy atom. The van der Waals surface area contributed by atoms with Crippen molar-refractivity contribution in [1.29, 1.82) is 0 Å². The molecule has 14 nitrogen and oxygen atoms in total. The Morgan fingerprint density at radius 3 is 1.49 bits per heavy atom. The van der Waals surface area contributed by atoms with Crippen molar-refractivity contribution < 1.29 is 64.6 Å². The van der Waals surface area contributed by atoms with Crippen molar-refractivity contribution >= 4 is 5.91 Å². The van der Waals surface area contributed by atoms with Crippen LogP contribution in [-0.2, 0) is 23.7 Å². The SMILES string of the molecule is CCCCCC/C=C/CC/C=C/CC/C=C/C(O)C(COC1OC(CO)C(OC2OC(CO)C(O)C(O)C2O)C(O)C1O)NC(=O)CCCCCCCCCC/C=C\C/C=C\C/C=C\CCCCCCC. The molecule has 71 heavy (non-hydrogen) atoms. The van der Waals surface area contributed by atoms with Crippen molar-refractivity contribution in [2.75, 3.05) is 19.8 Å². The van der Waals surface area contributed by atoms with E-state index in [1.54, 1.807) is 6.08 Å². The Morgan fingerprint density at radius 1 is 0.507 bits per heavy atom. The summed E-state index contributed by atoms with van der Waals surface area (Å²) in [7, 11) is 0. The highest BCUT2D eigenvalue weighted by Gasteiger charge is 2.51. The standard InChI is InChI=1S/C57H99NO13/c1-3-5-7-9-11-13-15-17-19-20-21-22-23-24-25-26-27-29-31-33-35-37-39-41-49(62)58-45(46(61)40-38-36-34-32-30-28-18-16-14-12-10-8-6-4-2)44-68-56-54(67)52(65)55(48(43-60)70-56)71-57-53(66)51(64)50(63)47(42-59)69-57/h14-17,20-21,23-24,30,32,38,40,45-48,50-57,59-61,63-67H,3-13,18-19,22,25-29,31,33-37,39,41-44H2,1-2H3,(H,58,62)/b16-14+,17-15-,21-20-,24-23-,32-30+,40-38+. The van der Waals surface area contributed by atoms with E-state index < -0.39 is 86.8 Å². The molecule has 2 aliphatic rings. The molecule has 0 aromatic rings. The molecular formula is C57H99NO13.